The number of ether oxygens (including phenoxy) is 1. The van der Waals surface area contributed by atoms with Gasteiger partial charge in [0.2, 0.25) is 0 Å². The summed E-state index contributed by atoms with van der Waals surface area (Å²) in [6.07, 6.45) is 6.64. The molecule has 2 unspecified atom stereocenters. The van der Waals surface area contributed by atoms with E-state index in [4.69, 9.17) is 21.4 Å². The summed E-state index contributed by atoms with van der Waals surface area (Å²) in [6, 6.07) is 3.84. The fourth-order valence-corrected chi connectivity index (χ4v) is 3.50. The maximum Gasteiger partial charge on any atom is 0.405 e. The number of aromatic nitrogens is 1. The minimum absolute atomic E-state index is 0.182. The lowest BCUT2D eigenvalue weighted by Gasteiger charge is -2.34. The van der Waals surface area contributed by atoms with Crippen LogP contribution in [-0.4, -0.2) is 28.3 Å². The number of nitrogens with zero attached hydrogens (tertiary/aromatic N) is 1. The van der Waals surface area contributed by atoms with Crippen LogP contribution in [-0.2, 0) is 10.3 Å². The lowest BCUT2D eigenvalue weighted by molar-refractivity contribution is 0.109. The zero-order valence-electron chi connectivity index (χ0n) is 15.5. The molecule has 1 amide bonds. The number of dihydropyridines is 1. The molecule has 0 aliphatic carbocycles. The van der Waals surface area contributed by atoms with Gasteiger partial charge in [-0.1, -0.05) is 25.4 Å². The smallest absolute Gasteiger partial charge is 0.405 e. The summed E-state index contributed by atoms with van der Waals surface area (Å²) in [4.78, 5) is 15.2. The van der Waals surface area contributed by atoms with E-state index >= 15 is 0 Å². The van der Waals surface area contributed by atoms with Crippen molar-refractivity contribution in [3.05, 3.63) is 53.2 Å². The molecule has 6 nitrogen and oxygen atoms in total. The first kappa shape index (κ1) is 20.1. The Balaban J connectivity index is 2.09. The largest absolute Gasteiger partial charge is 0.488 e. The highest BCUT2D eigenvalue weighted by molar-refractivity contribution is 6.31. The first-order valence-corrected chi connectivity index (χ1v) is 8.92. The topological polar surface area (TPSA) is 83.5 Å². The van der Waals surface area contributed by atoms with E-state index in [1.54, 1.807) is 18.6 Å². The molecule has 26 heavy (non-hydrogen) atoms. The zero-order valence-corrected chi connectivity index (χ0v) is 16.3. The Bertz CT molecular complexity index is 705. The van der Waals surface area contributed by atoms with E-state index in [0.717, 1.165) is 5.56 Å². The third kappa shape index (κ3) is 5.14. The molecule has 7 heteroatoms. The molecule has 1 aromatic heterocycles. The van der Waals surface area contributed by atoms with Crippen LogP contribution in [0.1, 0.15) is 39.7 Å². The number of carboxylic acid groups (broad SMARTS) is 1. The van der Waals surface area contributed by atoms with E-state index < -0.39 is 17.2 Å². The summed E-state index contributed by atoms with van der Waals surface area (Å²) in [5.74, 6) is 0.801. The molecule has 2 rings (SSSR count). The molecule has 0 radical (unpaired) electrons. The van der Waals surface area contributed by atoms with Gasteiger partial charge in [0.05, 0.1) is 16.1 Å². The Morgan fingerprint density at radius 3 is 2.65 bits per heavy atom. The number of allylic oxidation sites excluding steroid dienone is 1. The third-order valence-corrected chi connectivity index (χ3v) is 4.54. The van der Waals surface area contributed by atoms with Crippen molar-refractivity contribution in [2.45, 2.75) is 45.2 Å². The number of hydrogen-bond donors (Lipinski definition) is 3. The first-order valence-electron chi connectivity index (χ1n) is 8.54. The number of amides is 1. The highest BCUT2D eigenvalue weighted by atomic mass is 35.5. The average Bonchev–Trinajstić information content (AvgIpc) is 2.53. The number of hydrogen-bond acceptors (Lipinski definition) is 4. The van der Waals surface area contributed by atoms with Crippen molar-refractivity contribution >= 4 is 17.7 Å². The molecule has 2 heterocycles. The van der Waals surface area contributed by atoms with Gasteiger partial charge < -0.3 is 20.5 Å². The van der Waals surface area contributed by atoms with Crippen LogP contribution in [0, 0.1) is 5.92 Å². The zero-order chi connectivity index (χ0) is 19.4. The maximum absolute atomic E-state index is 11.1. The number of carbonyl (C=O) groups is 1. The minimum Gasteiger partial charge on any atom is -0.488 e. The fraction of sp³-hybridized carbons (Fsp3) is 0.474. The second-order valence-corrected chi connectivity index (χ2v) is 7.87. The van der Waals surface area contributed by atoms with Crippen molar-refractivity contribution in [2.24, 2.45) is 5.92 Å². The lowest BCUT2D eigenvalue weighted by atomic mass is 9.90. The minimum atomic E-state index is -1.07. The van der Waals surface area contributed by atoms with Gasteiger partial charge in [0.25, 0.3) is 0 Å². The Kier molecular flexibility index (Phi) is 6.18. The fourth-order valence-electron chi connectivity index (χ4n) is 3.17. The van der Waals surface area contributed by atoms with E-state index in [1.807, 2.05) is 45.9 Å². The molecule has 0 spiro atoms. The van der Waals surface area contributed by atoms with Crippen LogP contribution >= 0.6 is 11.6 Å². The van der Waals surface area contributed by atoms with Crippen LogP contribution in [0.4, 0.5) is 4.79 Å². The molecule has 2 atom stereocenters. The van der Waals surface area contributed by atoms with E-state index in [1.165, 1.54) is 0 Å². The van der Waals surface area contributed by atoms with Crippen LogP contribution in [0.15, 0.2) is 47.6 Å². The van der Waals surface area contributed by atoms with Crippen molar-refractivity contribution in [1.82, 2.24) is 15.6 Å². The third-order valence-electron chi connectivity index (χ3n) is 4.25. The molecule has 1 aromatic rings. The van der Waals surface area contributed by atoms with Gasteiger partial charge in [-0.05, 0) is 50.0 Å². The number of halogens is 1. The second-order valence-electron chi connectivity index (χ2n) is 7.46. The monoisotopic (exact) mass is 379 g/mol. The van der Waals surface area contributed by atoms with Gasteiger partial charge in [-0.15, -0.1) is 0 Å². The molecular weight excluding hydrogens is 354 g/mol. The highest BCUT2D eigenvalue weighted by Crippen LogP contribution is 2.32. The van der Waals surface area contributed by atoms with Crippen molar-refractivity contribution in [3.63, 3.8) is 0 Å². The van der Waals surface area contributed by atoms with Crippen LogP contribution in [0.3, 0.4) is 0 Å². The highest BCUT2D eigenvalue weighted by Gasteiger charge is 2.31. The predicted octanol–water partition coefficient (Wildman–Crippen LogP) is 3.95. The van der Waals surface area contributed by atoms with Gasteiger partial charge in [-0.3, -0.25) is 4.98 Å². The SMILES string of the molecule is CC(C)CC(C)(COC1=CNC(C)(c2ccncc2)C=C1Cl)NC(=O)O. The summed E-state index contributed by atoms with van der Waals surface area (Å²) in [6.45, 7) is 8.09. The van der Waals surface area contributed by atoms with Crippen LogP contribution in [0.25, 0.3) is 0 Å². The molecule has 0 saturated heterocycles. The Morgan fingerprint density at radius 1 is 1.46 bits per heavy atom. The molecule has 1 aliphatic heterocycles. The van der Waals surface area contributed by atoms with Gasteiger partial charge in [0, 0.05) is 18.6 Å². The van der Waals surface area contributed by atoms with E-state index in [0.29, 0.717) is 23.1 Å². The molecular formula is C19H26ClN3O3. The van der Waals surface area contributed by atoms with Crippen LogP contribution < -0.4 is 10.6 Å². The number of rotatable bonds is 7. The summed E-state index contributed by atoms with van der Waals surface area (Å²) < 4.78 is 5.85. The van der Waals surface area contributed by atoms with Crippen molar-refractivity contribution in [2.75, 3.05) is 6.61 Å². The Morgan fingerprint density at radius 2 is 2.12 bits per heavy atom. The molecule has 3 N–H and O–H groups in total. The first-order chi connectivity index (χ1) is 12.1. The van der Waals surface area contributed by atoms with Crippen LogP contribution in [0.2, 0.25) is 0 Å². The predicted molar refractivity (Wildman–Crippen MR) is 102 cm³/mol. The van der Waals surface area contributed by atoms with Crippen molar-refractivity contribution < 1.29 is 14.6 Å². The van der Waals surface area contributed by atoms with Gasteiger partial charge in [0.15, 0.2) is 5.76 Å². The summed E-state index contributed by atoms with van der Waals surface area (Å²) >= 11 is 6.43. The molecule has 0 saturated carbocycles. The van der Waals surface area contributed by atoms with E-state index in [-0.39, 0.29) is 6.61 Å². The lowest BCUT2D eigenvalue weighted by Crippen LogP contribution is -2.50. The quantitative estimate of drug-likeness (QED) is 0.668. The molecule has 142 valence electrons. The average molecular weight is 380 g/mol. The summed E-state index contributed by atoms with van der Waals surface area (Å²) in [5, 5.41) is 15.4. The van der Waals surface area contributed by atoms with Gasteiger partial charge in [-0.25, -0.2) is 4.79 Å². The van der Waals surface area contributed by atoms with Crippen LogP contribution in [0.5, 0.6) is 0 Å². The normalized spacial score (nSPS) is 21.9. The molecule has 0 aromatic carbocycles. The summed E-state index contributed by atoms with van der Waals surface area (Å²) in [5.41, 5.74) is -0.143. The number of pyridine rings is 1. The standard InChI is InChI=1S/C19H26ClN3O3/c1-13(2)9-18(3,23-17(24)25)12-26-16-11-22-19(4,10-15(16)20)14-5-7-21-8-6-14/h5-8,10-11,13,22-23H,9,12H2,1-4H3,(H,24,25). The Hall–Kier alpha value is -2.21. The maximum atomic E-state index is 11.1. The summed E-state index contributed by atoms with van der Waals surface area (Å²) in [7, 11) is 0. The molecule has 1 aliphatic rings. The van der Waals surface area contributed by atoms with Gasteiger partial charge in [0.1, 0.15) is 6.61 Å². The Labute approximate surface area is 159 Å². The van der Waals surface area contributed by atoms with Gasteiger partial charge >= 0.3 is 6.09 Å². The molecule has 0 bridgehead atoms. The van der Waals surface area contributed by atoms with Crippen molar-refractivity contribution in [1.29, 1.82) is 0 Å². The van der Waals surface area contributed by atoms with Gasteiger partial charge in [-0.2, -0.15) is 0 Å². The van der Waals surface area contributed by atoms with E-state index in [9.17, 15) is 4.79 Å². The van der Waals surface area contributed by atoms with Crippen molar-refractivity contribution in [3.8, 4) is 0 Å². The second kappa shape index (κ2) is 7.99. The molecule has 0 fully saturated rings. The number of nitrogens with one attached hydrogen (secondary N) is 2. The van der Waals surface area contributed by atoms with E-state index in [2.05, 4.69) is 15.6 Å².